The maximum absolute atomic E-state index is 5.92. The Morgan fingerprint density at radius 1 is 1.11 bits per heavy atom. The number of hydrogen-bond acceptors (Lipinski definition) is 4. The molecule has 0 amide bonds. The van der Waals surface area contributed by atoms with Gasteiger partial charge < -0.3 is 5.32 Å². The van der Waals surface area contributed by atoms with Gasteiger partial charge in [-0.2, -0.15) is 15.1 Å². The molecule has 0 saturated heterocycles. The van der Waals surface area contributed by atoms with Crippen molar-refractivity contribution in [1.29, 1.82) is 0 Å². The molecule has 0 aliphatic rings. The van der Waals surface area contributed by atoms with Crippen LogP contribution in [-0.2, 0) is 0 Å². The maximum Gasteiger partial charge on any atom is 0.226 e. The molecule has 0 aliphatic carbocycles. The zero-order valence-corrected chi connectivity index (χ0v) is 11.4. The molecule has 0 fully saturated rings. The molecule has 5 nitrogen and oxygen atoms in total. The zero-order chi connectivity index (χ0) is 13.4. The van der Waals surface area contributed by atoms with E-state index < -0.39 is 0 Å². The van der Waals surface area contributed by atoms with Crippen molar-refractivity contribution < 1.29 is 0 Å². The summed E-state index contributed by atoms with van der Waals surface area (Å²) in [6.45, 7) is 0. The molecule has 1 aromatic carbocycles. The third-order valence-electron chi connectivity index (χ3n) is 2.71. The summed E-state index contributed by atoms with van der Waals surface area (Å²) in [6, 6.07) is 7.33. The standard InChI is InChI=1S/C12H9Cl2N5/c1-15-10-9-6-16-19(11(9)18-12(14)17-10)8-4-2-7(13)3-5-8/h2-6H,1H3,(H,15,17,18). The summed E-state index contributed by atoms with van der Waals surface area (Å²) in [4.78, 5) is 8.33. The van der Waals surface area contributed by atoms with Gasteiger partial charge in [-0.1, -0.05) is 11.6 Å². The fourth-order valence-corrected chi connectivity index (χ4v) is 2.13. The number of nitrogens with zero attached hydrogens (tertiary/aromatic N) is 4. The molecule has 96 valence electrons. The molecule has 7 heteroatoms. The van der Waals surface area contributed by atoms with E-state index in [1.807, 2.05) is 12.1 Å². The van der Waals surface area contributed by atoms with Crippen molar-refractivity contribution in [3.05, 3.63) is 40.8 Å². The molecule has 1 N–H and O–H groups in total. The number of rotatable bonds is 2. The summed E-state index contributed by atoms with van der Waals surface area (Å²) >= 11 is 11.8. The van der Waals surface area contributed by atoms with Crippen molar-refractivity contribution in [3.8, 4) is 5.69 Å². The lowest BCUT2D eigenvalue weighted by molar-refractivity contribution is 0.895. The van der Waals surface area contributed by atoms with Gasteiger partial charge in [0, 0.05) is 12.1 Å². The average Bonchev–Trinajstić information content (AvgIpc) is 2.82. The highest BCUT2D eigenvalue weighted by atomic mass is 35.5. The van der Waals surface area contributed by atoms with Crippen LogP contribution in [0.4, 0.5) is 5.82 Å². The van der Waals surface area contributed by atoms with Crippen molar-refractivity contribution in [2.24, 2.45) is 0 Å². The van der Waals surface area contributed by atoms with E-state index in [1.54, 1.807) is 30.1 Å². The van der Waals surface area contributed by atoms with Crippen LogP contribution in [0.15, 0.2) is 30.5 Å². The van der Waals surface area contributed by atoms with E-state index in [2.05, 4.69) is 20.4 Å². The second kappa shape index (κ2) is 4.68. The first-order chi connectivity index (χ1) is 9.19. The van der Waals surface area contributed by atoms with Crippen molar-refractivity contribution in [3.63, 3.8) is 0 Å². The van der Waals surface area contributed by atoms with Gasteiger partial charge in [-0.05, 0) is 35.9 Å². The summed E-state index contributed by atoms with van der Waals surface area (Å²) in [7, 11) is 1.78. The van der Waals surface area contributed by atoms with E-state index in [-0.39, 0.29) is 5.28 Å². The Balaban J connectivity index is 2.25. The molecule has 0 radical (unpaired) electrons. The first kappa shape index (κ1) is 12.2. The summed E-state index contributed by atoms with van der Waals surface area (Å²) in [5.74, 6) is 0.648. The number of anilines is 1. The van der Waals surface area contributed by atoms with E-state index >= 15 is 0 Å². The van der Waals surface area contributed by atoms with Gasteiger partial charge in [0.05, 0.1) is 17.3 Å². The molecule has 3 aromatic rings. The maximum atomic E-state index is 5.92. The highest BCUT2D eigenvalue weighted by Gasteiger charge is 2.12. The minimum Gasteiger partial charge on any atom is -0.372 e. The van der Waals surface area contributed by atoms with Crippen LogP contribution >= 0.6 is 23.2 Å². The summed E-state index contributed by atoms with van der Waals surface area (Å²) in [5.41, 5.74) is 1.50. The lowest BCUT2D eigenvalue weighted by Crippen LogP contribution is -2.00. The molecule has 2 aromatic heterocycles. The number of halogens is 2. The van der Waals surface area contributed by atoms with E-state index in [9.17, 15) is 0 Å². The summed E-state index contributed by atoms with van der Waals surface area (Å²) in [5, 5.41) is 8.94. The predicted molar refractivity (Wildman–Crippen MR) is 76.2 cm³/mol. The molecule has 0 saturated carbocycles. The number of aromatic nitrogens is 4. The minimum absolute atomic E-state index is 0.174. The molecule has 0 bridgehead atoms. The van der Waals surface area contributed by atoms with E-state index in [0.717, 1.165) is 11.1 Å². The predicted octanol–water partition coefficient (Wildman–Crippen LogP) is 3.16. The Hall–Kier alpha value is -1.85. The van der Waals surface area contributed by atoms with Gasteiger partial charge in [-0.15, -0.1) is 0 Å². The van der Waals surface area contributed by atoms with Gasteiger partial charge in [0.15, 0.2) is 5.65 Å². The normalized spacial score (nSPS) is 10.9. The average molecular weight is 294 g/mol. The molecule has 0 unspecified atom stereocenters. The monoisotopic (exact) mass is 293 g/mol. The SMILES string of the molecule is CNc1nc(Cl)nc2c1cnn2-c1ccc(Cl)cc1. The van der Waals surface area contributed by atoms with E-state index in [0.29, 0.717) is 16.5 Å². The van der Waals surface area contributed by atoms with Crippen LogP contribution in [0.1, 0.15) is 0 Å². The first-order valence-corrected chi connectivity index (χ1v) is 6.29. The molecule has 0 aliphatic heterocycles. The largest absolute Gasteiger partial charge is 0.372 e. The summed E-state index contributed by atoms with van der Waals surface area (Å²) in [6.07, 6.45) is 1.70. The molecule has 0 atom stereocenters. The fourth-order valence-electron chi connectivity index (χ4n) is 1.84. The molecule has 0 spiro atoms. The smallest absolute Gasteiger partial charge is 0.226 e. The third kappa shape index (κ3) is 2.11. The van der Waals surface area contributed by atoms with Gasteiger partial charge in [-0.3, -0.25) is 0 Å². The minimum atomic E-state index is 0.174. The Morgan fingerprint density at radius 3 is 2.53 bits per heavy atom. The molecule has 3 rings (SSSR count). The molecule has 2 heterocycles. The van der Waals surface area contributed by atoms with Crippen molar-refractivity contribution >= 4 is 40.1 Å². The third-order valence-corrected chi connectivity index (χ3v) is 3.13. The van der Waals surface area contributed by atoms with Crippen LogP contribution in [0, 0.1) is 0 Å². The Morgan fingerprint density at radius 2 is 1.84 bits per heavy atom. The van der Waals surface area contributed by atoms with Crippen LogP contribution < -0.4 is 5.32 Å². The van der Waals surface area contributed by atoms with Crippen LogP contribution in [0.25, 0.3) is 16.7 Å². The highest BCUT2D eigenvalue weighted by molar-refractivity contribution is 6.30. The van der Waals surface area contributed by atoms with Gasteiger partial charge in [0.25, 0.3) is 0 Å². The molecular formula is C12H9Cl2N5. The lowest BCUT2D eigenvalue weighted by Gasteiger charge is -2.04. The number of hydrogen-bond donors (Lipinski definition) is 1. The van der Waals surface area contributed by atoms with Gasteiger partial charge >= 0.3 is 0 Å². The zero-order valence-electron chi connectivity index (χ0n) is 9.93. The molecule has 19 heavy (non-hydrogen) atoms. The van der Waals surface area contributed by atoms with E-state index in [4.69, 9.17) is 23.2 Å². The fraction of sp³-hybridized carbons (Fsp3) is 0.0833. The Kier molecular flexibility index (Phi) is 3.00. The van der Waals surface area contributed by atoms with Crippen molar-refractivity contribution in [2.45, 2.75) is 0 Å². The topological polar surface area (TPSA) is 55.6 Å². The van der Waals surface area contributed by atoms with Gasteiger partial charge in [0.2, 0.25) is 5.28 Å². The van der Waals surface area contributed by atoms with Crippen LogP contribution in [0.2, 0.25) is 10.3 Å². The van der Waals surface area contributed by atoms with Crippen molar-refractivity contribution in [1.82, 2.24) is 19.7 Å². The second-order valence-corrected chi connectivity index (χ2v) is 4.64. The number of nitrogens with one attached hydrogen (secondary N) is 1. The van der Waals surface area contributed by atoms with Crippen LogP contribution in [0.3, 0.4) is 0 Å². The highest BCUT2D eigenvalue weighted by Crippen LogP contribution is 2.24. The number of benzene rings is 1. The van der Waals surface area contributed by atoms with Crippen molar-refractivity contribution in [2.75, 3.05) is 12.4 Å². The second-order valence-electron chi connectivity index (χ2n) is 3.86. The number of fused-ring (bicyclic) bond motifs is 1. The molecular weight excluding hydrogens is 285 g/mol. The summed E-state index contributed by atoms with van der Waals surface area (Å²) < 4.78 is 1.69. The van der Waals surface area contributed by atoms with Crippen LogP contribution in [0.5, 0.6) is 0 Å². The lowest BCUT2D eigenvalue weighted by atomic mass is 10.3. The quantitative estimate of drug-likeness (QED) is 0.738. The Labute approximate surface area is 119 Å². The Bertz CT molecular complexity index is 736. The van der Waals surface area contributed by atoms with Gasteiger partial charge in [0.1, 0.15) is 5.82 Å². The van der Waals surface area contributed by atoms with E-state index in [1.165, 1.54) is 0 Å². The van der Waals surface area contributed by atoms with Gasteiger partial charge in [-0.25, -0.2) is 4.68 Å². The van der Waals surface area contributed by atoms with Crippen LogP contribution in [-0.4, -0.2) is 26.8 Å². The first-order valence-electron chi connectivity index (χ1n) is 5.54.